The number of para-hydroxylation sites is 1. The van der Waals surface area contributed by atoms with Crippen molar-refractivity contribution in [3.05, 3.63) is 59.4 Å². The Balaban J connectivity index is 1.83. The molecular weight excluding hydrogens is 309 g/mol. The van der Waals surface area contributed by atoms with E-state index in [9.17, 15) is 9.18 Å². The van der Waals surface area contributed by atoms with E-state index < -0.39 is 11.8 Å². The average Bonchev–Trinajstić information content (AvgIpc) is 2.88. The van der Waals surface area contributed by atoms with Crippen LogP contribution in [0.3, 0.4) is 0 Å². The molecule has 0 aliphatic rings. The number of fused-ring (bicyclic) bond motifs is 1. The molecule has 0 radical (unpaired) electrons. The number of halogens is 1. The highest BCUT2D eigenvalue weighted by Crippen LogP contribution is 2.32. The Kier molecular flexibility index (Phi) is 3.90. The van der Waals surface area contributed by atoms with E-state index in [1.165, 1.54) is 23.9 Å². The second-order valence-corrected chi connectivity index (χ2v) is 6.60. The van der Waals surface area contributed by atoms with Gasteiger partial charge in [-0.2, -0.15) is 0 Å². The van der Waals surface area contributed by atoms with E-state index in [2.05, 4.69) is 4.98 Å². The minimum atomic E-state index is -1.12. The van der Waals surface area contributed by atoms with Gasteiger partial charge >= 0.3 is 5.97 Å². The van der Waals surface area contributed by atoms with Gasteiger partial charge in [0.15, 0.2) is 4.34 Å². The van der Waals surface area contributed by atoms with Gasteiger partial charge in [-0.3, -0.25) is 0 Å². The summed E-state index contributed by atoms with van der Waals surface area (Å²) in [6.45, 7) is 0. The van der Waals surface area contributed by atoms with E-state index >= 15 is 0 Å². The van der Waals surface area contributed by atoms with E-state index in [0.29, 0.717) is 11.3 Å². The fourth-order valence-electron chi connectivity index (χ4n) is 1.93. The first kappa shape index (κ1) is 14.0. The van der Waals surface area contributed by atoms with E-state index in [-0.39, 0.29) is 5.56 Å². The first-order chi connectivity index (χ1) is 10.1. The van der Waals surface area contributed by atoms with Gasteiger partial charge in [-0.05, 0) is 29.8 Å². The van der Waals surface area contributed by atoms with Gasteiger partial charge in [0.05, 0.1) is 15.8 Å². The number of rotatable bonds is 4. The van der Waals surface area contributed by atoms with Gasteiger partial charge in [0.2, 0.25) is 0 Å². The lowest BCUT2D eigenvalue weighted by Gasteiger charge is -2.04. The molecule has 3 nitrogen and oxygen atoms in total. The first-order valence-corrected chi connectivity index (χ1v) is 7.94. The predicted molar refractivity (Wildman–Crippen MR) is 82.5 cm³/mol. The molecule has 2 aromatic carbocycles. The number of carboxylic acid groups (broad SMARTS) is 1. The average molecular weight is 319 g/mol. The molecule has 1 heterocycles. The van der Waals surface area contributed by atoms with Crippen molar-refractivity contribution in [3.63, 3.8) is 0 Å². The molecule has 1 N–H and O–H groups in total. The van der Waals surface area contributed by atoms with Gasteiger partial charge in [-0.1, -0.05) is 30.0 Å². The number of thiazole rings is 1. The number of hydrogen-bond donors (Lipinski definition) is 1. The number of aromatic nitrogens is 1. The molecule has 0 atom stereocenters. The summed E-state index contributed by atoms with van der Waals surface area (Å²) in [5.74, 6) is -1.21. The van der Waals surface area contributed by atoms with E-state index in [1.807, 2.05) is 24.3 Å². The molecule has 0 spiro atoms. The second kappa shape index (κ2) is 5.83. The Morgan fingerprint density at radius 2 is 2.10 bits per heavy atom. The molecule has 0 saturated heterocycles. The normalized spacial score (nSPS) is 10.9. The maximum Gasteiger partial charge on any atom is 0.336 e. The molecule has 0 bridgehead atoms. The molecule has 0 saturated carbocycles. The molecule has 0 fully saturated rings. The van der Waals surface area contributed by atoms with E-state index in [1.54, 1.807) is 11.3 Å². The summed E-state index contributed by atoms with van der Waals surface area (Å²) in [6, 6.07) is 11.7. The van der Waals surface area contributed by atoms with Crippen LogP contribution in [0.4, 0.5) is 4.39 Å². The van der Waals surface area contributed by atoms with Crippen LogP contribution in [0.25, 0.3) is 10.2 Å². The van der Waals surface area contributed by atoms with Gasteiger partial charge in [0.25, 0.3) is 0 Å². The number of hydrogen-bond acceptors (Lipinski definition) is 4. The van der Waals surface area contributed by atoms with Gasteiger partial charge < -0.3 is 5.11 Å². The third kappa shape index (κ3) is 3.06. The predicted octanol–water partition coefficient (Wildman–Crippen LogP) is 4.43. The number of carbonyl (C=O) groups is 1. The maximum absolute atomic E-state index is 13.1. The Bertz CT molecular complexity index is 783. The standard InChI is InChI=1S/C15H10FNO2S2/c16-10-6-5-9(11(7-10)14(18)19)8-20-15-17-12-3-1-2-4-13(12)21-15/h1-7H,8H2,(H,18,19). The van der Waals surface area contributed by atoms with Crippen molar-refractivity contribution in [1.82, 2.24) is 4.98 Å². The fraction of sp³-hybridized carbons (Fsp3) is 0.0667. The molecule has 0 unspecified atom stereocenters. The highest BCUT2D eigenvalue weighted by atomic mass is 32.2. The summed E-state index contributed by atoms with van der Waals surface area (Å²) in [6.07, 6.45) is 0. The number of carboxylic acids is 1. The Hall–Kier alpha value is -1.92. The van der Waals surface area contributed by atoms with Crippen molar-refractivity contribution >= 4 is 39.3 Å². The number of benzene rings is 2. The summed E-state index contributed by atoms with van der Waals surface area (Å²) < 4.78 is 15.1. The van der Waals surface area contributed by atoms with Crippen LogP contribution >= 0.6 is 23.1 Å². The maximum atomic E-state index is 13.1. The highest BCUT2D eigenvalue weighted by Gasteiger charge is 2.12. The van der Waals surface area contributed by atoms with Crippen molar-refractivity contribution in [1.29, 1.82) is 0 Å². The van der Waals surface area contributed by atoms with Crippen LogP contribution in [0, 0.1) is 5.82 Å². The Morgan fingerprint density at radius 3 is 2.86 bits per heavy atom. The zero-order valence-corrected chi connectivity index (χ0v) is 12.4. The molecular formula is C15H10FNO2S2. The lowest BCUT2D eigenvalue weighted by atomic mass is 10.1. The van der Waals surface area contributed by atoms with Crippen LogP contribution in [-0.4, -0.2) is 16.1 Å². The van der Waals surface area contributed by atoms with Crippen molar-refractivity contribution < 1.29 is 14.3 Å². The molecule has 3 aromatic rings. The van der Waals surface area contributed by atoms with Gasteiger partial charge in [0, 0.05) is 5.75 Å². The van der Waals surface area contributed by atoms with Crippen molar-refractivity contribution in [2.24, 2.45) is 0 Å². The zero-order valence-electron chi connectivity index (χ0n) is 10.7. The van der Waals surface area contributed by atoms with Crippen LogP contribution in [0.1, 0.15) is 15.9 Å². The van der Waals surface area contributed by atoms with Crippen LogP contribution < -0.4 is 0 Å². The van der Waals surface area contributed by atoms with Crippen LogP contribution in [0.2, 0.25) is 0 Å². The molecule has 6 heteroatoms. The Morgan fingerprint density at radius 1 is 1.29 bits per heavy atom. The smallest absolute Gasteiger partial charge is 0.336 e. The topological polar surface area (TPSA) is 50.2 Å². The third-order valence-corrected chi connectivity index (χ3v) is 5.16. The number of thioether (sulfide) groups is 1. The number of aromatic carboxylic acids is 1. The second-order valence-electron chi connectivity index (χ2n) is 4.34. The van der Waals surface area contributed by atoms with Gasteiger partial charge in [0.1, 0.15) is 5.82 Å². The van der Waals surface area contributed by atoms with Gasteiger partial charge in [-0.25, -0.2) is 14.2 Å². The van der Waals surface area contributed by atoms with Crippen LogP contribution in [-0.2, 0) is 5.75 Å². The molecule has 21 heavy (non-hydrogen) atoms. The van der Waals surface area contributed by atoms with Gasteiger partial charge in [-0.15, -0.1) is 11.3 Å². The molecule has 0 aliphatic heterocycles. The SMILES string of the molecule is O=C(O)c1cc(F)ccc1CSc1nc2ccccc2s1. The minimum absolute atomic E-state index is 0.00334. The van der Waals surface area contributed by atoms with Crippen LogP contribution in [0.15, 0.2) is 46.8 Å². The van der Waals surface area contributed by atoms with Crippen molar-refractivity contribution in [2.75, 3.05) is 0 Å². The molecule has 106 valence electrons. The van der Waals surface area contributed by atoms with E-state index in [4.69, 9.17) is 5.11 Å². The largest absolute Gasteiger partial charge is 0.478 e. The summed E-state index contributed by atoms with van der Waals surface area (Å²) in [4.78, 5) is 15.6. The first-order valence-electron chi connectivity index (χ1n) is 6.13. The fourth-order valence-corrected chi connectivity index (χ4v) is 4.00. The third-order valence-electron chi connectivity index (χ3n) is 2.93. The zero-order chi connectivity index (χ0) is 14.8. The number of nitrogens with zero attached hydrogens (tertiary/aromatic N) is 1. The molecule has 3 rings (SSSR count). The summed E-state index contributed by atoms with van der Waals surface area (Å²) in [5, 5.41) is 9.11. The van der Waals surface area contributed by atoms with Crippen molar-refractivity contribution in [3.8, 4) is 0 Å². The molecule has 0 amide bonds. The summed E-state index contributed by atoms with van der Waals surface area (Å²) in [5.41, 5.74) is 1.53. The lowest BCUT2D eigenvalue weighted by molar-refractivity contribution is 0.0695. The lowest BCUT2D eigenvalue weighted by Crippen LogP contribution is -2.02. The van der Waals surface area contributed by atoms with Crippen molar-refractivity contribution in [2.45, 2.75) is 10.1 Å². The quantitative estimate of drug-likeness (QED) is 0.723. The minimum Gasteiger partial charge on any atom is -0.478 e. The van der Waals surface area contributed by atoms with E-state index in [0.717, 1.165) is 20.6 Å². The van der Waals surface area contributed by atoms with Crippen LogP contribution in [0.5, 0.6) is 0 Å². The summed E-state index contributed by atoms with van der Waals surface area (Å²) >= 11 is 3.02. The monoisotopic (exact) mass is 319 g/mol. The summed E-state index contributed by atoms with van der Waals surface area (Å²) in [7, 11) is 0. The highest BCUT2D eigenvalue weighted by molar-refractivity contribution is 8.00. The molecule has 0 aliphatic carbocycles. The molecule has 1 aromatic heterocycles. The Labute approximate surface area is 128 Å².